The Labute approximate surface area is 133 Å². The smallest absolute Gasteiger partial charge is 0.352 e. The maximum absolute atomic E-state index is 11.8. The van der Waals surface area contributed by atoms with Crippen LogP contribution in [0.4, 0.5) is 0 Å². The first-order valence-electron chi connectivity index (χ1n) is 6.19. The molecule has 0 aliphatic carbocycles. The average Bonchev–Trinajstić information content (AvgIpc) is 2.88. The number of carbonyl (C=O) groups is 2. The highest BCUT2D eigenvalue weighted by Gasteiger charge is 2.51. The van der Waals surface area contributed by atoms with E-state index in [0.717, 1.165) is 15.5 Å². The molecule has 0 spiro atoms. The van der Waals surface area contributed by atoms with Crippen molar-refractivity contribution in [3.05, 3.63) is 22.5 Å². The molecule has 2 aliphatic heterocycles. The van der Waals surface area contributed by atoms with Gasteiger partial charge in [0.25, 0.3) is 0 Å². The van der Waals surface area contributed by atoms with E-state index in [9.17, 15) is 14.7 Å². The van der Waals surface area contributed by atoms with Crippen LogP contribution >= 0.6 is 34.9 Å². The number of fused-ring (bicyclic) bond motifs is 1. The number of hydrogen-bond acceptors (Lipinski definition) is 7. The molecule has 1 aromatic rings. The summed E-state index contributed by atoms with van der Waals surface area (Å²) in [5.74, 6) is -0.226. The van der Waals surface area contributed by atoms with Gasteiger partial charge in [0.2, 0.25) is 5.91 Å². The Morgan fingerprint density at radius 1 is 1.67 bits per heavy atom. The molecule has 6 nitrogen and oxygen atoms in total. The number of carboxylic acids is 1. The molecule has 2 atom stereocenters. The summed E-state index contributed by atoms with van der Waals surface area (Å²) in [6.07, 6.45) is 0. The molecule has 1 aromatic heterocycles. The summed E-state index contributed by atoms with van der Waals surface area (Å²) in [5.41, 5.74) is 9.31. The monoisotopic (exact) mass is 343 g/mol. The molecule has 0 aromatic carbocycles. The molecule has 3 rings (SSSR count). The van der Waals surface area contributed by atoms with E-state index >= 15 is 0 Å². The maximum atomic E-state index is 11.8. The zero-order valence-electron chi connectivity index (χ0n) is 11.1. The topological polar surface area (TPSA) is 96.5 Å². The standard InChI is InChI=1S/C12H13N3O3S3/c1-5-12(21-4-14-5)20-3-6-2-19-10-7(13)9(16)15(10)8(6)11(17)18/h4,7,10H,2-3,13H2,1H3,(H,17,18)/t7?,10-/m1/s1. The first-order valence-corrected chi connectivity index (χ1v) is 9.10. The molecule has 0 saturated carbocycles. The molecule has 21 heavy (non-hydrogen) atoms. The Bertz CT molecular complexity index is 643. The lowest BCUT2D eigenvalue weighted by atomic mass is 10.0. The highest BCUT2D eigenvalue weighted by molar-refractivity contribution is 8.02. The third-order valence-corrected chi connectivity index (χ3v) is 7.14. The Morgan fingerprint density at radius 3 is 3.05 bits per heavy atom. The van der Waals surface area contributed by atoms with Crippen LogP contribution in [0.2, 0.25) is 0 Å². The summed E-state index contributed by atoms with van der Waals surface area (Å²) in [6, 6.07) is -0.581. The van der Waals surface area contributed by atoms with Crippen molar-refractivity contribution in [1.29, 1.82) is 0 Å². The number of nitrogens with two attached hydrogens (primary N) is 1. The number of aromatic nitrogens is 1. The van der Waals surface area contributed by atoms with Crippen molar-refractivity contribution in [1.82, 2.24) is 9.88 Å². The number of rotatable bonds is 4. The van der Waals surface area contributed by atoms with Crippen LogP contribution in [0.25, 0.3) is 0 Å². The lowest BCUT2D eigenvalue weighted by Crippen LogP contribution is -2.68. The molecular formula is C12H13N3O3S3. The Morgan fingerprint density at radius 2 is 2.43 bits per heavy atom. The fourth-order valence-electron chi connectivity index (χ4n) is 2.27. The van der Waals surface area contributed by atoms with Crippen molar-refractivity contribution in [2.45, 2.75) is 22.5 Å². The zero-order valence-corrected chi connectivity index (χ0v) is 13.6. The molecule has 1 saturated heterocycles. The van der Waals surface area contributed by atoms with Crippen molar-refractivity contribution in [3.8, 4) is 0 Å². The number of carboxylic acid groups (broad SMARTS) is 1. The molecule has 1 fully saturated rings. The van der Waals surface area contributed by atoms with E-state index in [4.69, 9.17) is 5.73 Å². The minimum atomic E-state index is -1.06. The largest absolute Gasteiger partial charge is 0.477 e. The van der Waals surface area contributed by atoms with Gasteiger partial charge >= 0.3 is 5.97 Å². The zero-order chi connectivity index (χ0) is 15.1. The van der Waals surface area contributed by atoms with Crippen LogP contribution < -0.4 is 5.73 Å². The highest BCUT2D eigenvalue weighted by Crippen LogP contribution is 2.41. The molecule has 9 heteroatoms. The van der Waals surface area contributed by atoms with E-state index in [-0.39, 0.29) is 17.0 Å². The second kappa shape index (κ2) is 5.64. The van der Waals surface area contributed by atoms with Crippen LogP contribution in [0.1, 0.15) is 5.69 Å². The minimum Gasteiger partial charge on any atom is -0.477 e. The molecule has 3 heterocycles. The Kier molecular flexibility index (Phi) is 4.00. The van der Waals surface area contributed by atoms with Gasteiger partial charge in [-0.3, -0.25) is 9.69 Å². The Hall–Kier alpha value is -1.03. The fraction of sp³-hybridized carbons (Fsp3) is 0.417. The van der Waals surface area contributed by atoms with Crippen LogP contribution in [0.15, 0.2) is 21.0 Å². The molecular weight excluding hydrogens is 330 g/mol. The van der Waals surface area contributed by atoms with Gasteiger partial charge in [0.05, 0.1) is 15.4 Å². The molecule has 1 unspecified atom stereocenters. The molecule has 112 valence electrons. The second-order valence-electron chi connectivity index (χ2n) is 4.71. The first-order chi connectivity index (χ1) is 10.0. The van der Waals surface area contributed by atoms with Gasteiger partial charge in [0.15, 0.2) is 0 Å². The summed E-state index contributed by atoms with van der Waals surface area (Å²) >= 11 is 4.63. The van der Waals surface area contributed by atoms with Gasteiger partial charge in [0.1, 0.15) is 17.1 Å². The second-order valence-corrected chi connectivity index (χ2v) is 7.91. The van der Waals surface area contributed by atoms with E-state index in [2.05, 4.69) is 4.98 Å². The van der Waals surface area contributed by atoms with Gasteiger partial charge < -0.3 is 10.8 Å². The summed E-state index contributed by atoms with van der Waals surface area (Å²) in [5, 5.41) is 9.19. The SMILES string of the molecule is Cc1ncsc1SCC1=C(C(=O)O)N2C(=O)C(N)[C@H]2SC1. The predicted molar refractivity (Wildman–Crippen MR) is 83.3 cm³/mol. The first kappa shape index (κ1) is 14.9. The molecule has 2 aliphatic rings. The quantitative estimate of drug-likeness (QED) is 0.625. The lowest BCUT2D eigenvalue weighted by Gasteiger charge is -2.48. The molecule has 1 amide bonds. The van der Waals surface area contributed by atoms with Crippen LogP contribution in [0.5, 0.6) is 0 Å². The average molecular weight is 343 g/mol. The molecule has 3 N–H and O–H groups in total. The number of thioether (sulfide) groups is 2. The lowest BCUT2D eigenvalue weighted by molar-refractivity contribution is -0.147. The van der Waals surface area contributed by atoms with E-state index in [0.29, 0.717) is 11.5 Å². The summed E-state index contributed by atoms with van der Waals surface area (Å²) in [6.45, 7) is 1.93. The Balaban J connectivity index is 1.83. The maximum Gasteiger partial charge on any atom is 0.352 e. The summed E-state index contributed by atoms with van der Waals surface area (Å²) in [7, 11) is 0. The number of nitrogens with zero attached hydrogens (tertiary/aromatic N) is 2. The predicted octanol–water partition coefficient (Wildman–Crippen LogP) is 1.12. The fourth-order valence-corrected chi connectivity index (χ4v) is 5.61. The number of amides is 1. The van der Waals surface area contributed by atoms with Gasteiger partial charge in [0, 0.05) is 11.5 Å². The minimum absolute atomic E-state index is 0.111. The summed E-state index contributed by atoms with van der Waals surface area (Å²) in [4.78, 5) is 28.8. The van der Waals surface area contributed by atoms with Crippen LogP contribution in [0, 0.1) is 6.92 Å². The normalized spacial score (nSPS) is 24.9. The van der Waals surface area contributed by atoms with Gasteiger partial charge in [-0.25, -0.2) is 9.78 Å². The van der Waals surface area contributed by atoms with Gasteiger partial charge in [-0.05, 0) is 12.5 Å². The van der Waals surface area contributed by atoms with E-state index < -0.39 is 12.0 Å². The number of hydrogen-bond donors (Lipinski definition) is 2. The number of β-lactam (4-membered cyclic amide) rings is 1. The summed E-state index contributed by atoms with van der Waals surface area (Å²) < 4.78 is 1.07. The molecule has 0 radical (unpaired) electrons. The molecule has 0 bridgehead atoms. The number of thiazole rings is 1. The van der Waals surface area contributed by atoms with Gasteiger partial charge in [-0.15, -0.1) is 34.9 Å². The van der Waals surface area contributed by atoms with E-state index in [1.165, 1.54) is 28.0 Å². The van der Waals surface area contributed by atoms with Crippen LogP contribution in [0.3, 0.4) is 0 Å². The van der Waals surface area contributed by atoms with Gasteiger partial charge in [-0.1, -0.05) is 0 Å². The number of aliphatic carboxylic acids is 1. The van der Waals surface area contributed by atoms with Crippen molar-refractivity contribution >= 4 is 46.7 Å². The number of carbonyl (C=O) groups excluding carboxylic acids is 1. The van der Waals surface area contributed by atoms with E-state index in [1.807, 2.05) is 6.92 Å². The van der Waals surface area contributed by atoms with Crippen molar-refractivity contribution in [2.24, 2.45) is 5.73 Å². The third-order valence-electron chi connectivity index (χ3n) is 3.37. The van der Waals surface area contributed by atoms with Crippen LogP contribution in [-0.4, -0.2) is 49.8 Å². The highest BCUT2D eigenvalue weighted by atomic mass is 32.2. The third kappa shape index (κ3) is 2.48. The van der Waals surface area contributed by atoms with Crippen molar-refractivity contribution < 1.29 is 14.7 Å². The van der Waals surface area contributed by atoms with Crippen molar-refractivity contribution in [2.75, 3.05) is 11.5 Å². The van der Waals surface area contributed by atoms with Crippen molar-refractivity contribution in [3.63, 3.8) is 0 Å². The van der Waals surface area contributed by atoms with Gasteiger partial charge in [-0.2, -0.15) is 0 Å². The number of aryl methyl sites for hydroxylation is 1. The van der Waals surface area contributed by atoms with Crippen LogP contribution in [-0.2, 0) is 9.59 Å². The van der Waals surface area contributed by atoms with E-state index in [1.54, 1.807) is 17.3 Å².